The summed E-state index contributed by atoms with van der Waals surface area (Å²) in [6.07, 6.45) is 0.994. The summed E-state index contributed by atoms with van der Waals surface area (Å²) < 4.78 is 42.3. The van der Waals surface area contributed by atoms with Gasteiger partial charge < -0.3 is 14.2 Å². The molecule has 1 heterocycles. The van der Waals surface area contributed by atoms with Crippen LogP contribution >= 0.6 is 0 Å². The fourth-order valence-corrected chi connectivity index (χ4v) is 1.87. The Bertz CT molecular complexity index is 510. The largest absolute Gasteiger partial charge is 0.487 e. The molecule has 1 aliphatic rings. The van der Waals surface area contributed by atoms with Gasteiger partial charge in [0, 0.05) is 0 Å². The van der Waals surface area contributed by atoms with Crippen molar-refractivity contribution in [1.82, 2.24) is 0 Å². The maximum absolute atomic E-state index is 10.8. The van der Waals surface area contributed by atoms with Crippen LogP contribution in [0.4, 0.5) is 0 Å². The van der Waals surface area contributed by atoms with E-state index in [4.69, 9.17) is 14.2 Å². The van der Waals surface area contributed by atoms with E-state index in [1.807, 2.05) is 0 Å². The molecule has 7 heteroatoms. The lowest BCUT2D eigenvalue weighted by Crippen LogP contribution is -2.17. The number of hydrogen-bond acceptors (Lipinski definition) is 6. The first-order valence-electron chi connectivity index (χ1n) is 5.42. The minimum absolute atomic E-state index is 0.0383. The highest BCUT2D eigenvalue weighted by Crippen LogP contribution is 2.38. The molecule has 0 N–H and O–H groups in total. The van der Waals surface area contributed by atoms with Crippen molar-refractivity contribution in [3.63, 3.8) is 0 Å². The summed E-state index contributed by atoms with van der Waals surface area (Å²) in [4.78, 5) is 0. The van der Waals surface area contributed by atoms with Crippen molar-refractivity contribution < 1.29 is 26.8 Å². The third-order valence-electron chi connectivity index (χ3n) is 2.17. The van der Waals surface area contributed by atoms with Gasteiger partial charge in [-0.25, -0.2) is 0 Å². The molecular weight excluding hydrogens is 260 g/mol. The van der Waals surface area contributed by atoms with Crippen LogP contribution in [0.1, 0.15) is 0 Å². The zero-order chi connectivity index (χ0) is 13.0. The van der Waals surface area contributed by atoms with Crippen LogP contribution in [0.25, 0.3) is 0 Å². The molecule has 100 valence electrons. The summed E-state index contributed by atoms with van der Waals surface area (Å²) in [6, 6.07) is 5.29. The lowest BCUT2D eigenvalue weighted by atomic mass is 10.3. The molecule has 0 saturated carbocycles. The van der Waals surface area contributed by atoms with Gasteiger partial charge in [-0.3, -0.25) is 4.18 Å². The Hall–Kier alpha value is -1.47. The average Bonchev–Trinajstić information content (AvgIpc) is 2.33. The number of fused-ring (bicyclic) bond motifs is 1. The Kier molecular flexibility index (Phi) is 3.93. The topological polar surface area (TPSA) is 71.1 Å². The Morgan fingerprint density at radius 3 is 2.78 bits per heavy atom. The summed E-state index contributed by atoms with van der Waals surface area (Å²) in [5.74, 6) is 1.69. The average molecular weight is 274 g/mol. The highest BCUT2D eigenvalue weighted by molar-refractivity contribution is 7.85. The van der Waals surface area contributed by atoms with Crippen molar-refractivity contribution in [2.75, 3.05) is 32.7 Å². The molecule has 0 aromatic heterocycles. The molecule has 0 aliphatic carbocycles. The molecule has 0 unspecified atom stereocenters. The molecule has 0 radical (unpaired) electrons. The Morgan fingerprint density at radius 2 is 2.00 bits per heavy atom. The fraction of sp³-hybridized carbons (Fsp3) is 0.455. The van der Waals surface area contributed by atoms with E-state index in [0.29, 0.717) is 30.5 Å². The number of benzene rings is 1. The van der Waals surface area contributed by atoms with E-state index >= 15 is 0 Å². The Labute approximate surface area is 106 Å². The molecule has 0 amide bonds. The molecule has 0 spiro atoms. The number of para-hydroxylation sites is 1. The monoisotopic (exact) mass is 274 g/mol. The van der Waals surface area contributed by atoms with Crippen LogP contribution in [0.3, 0.4) is 0 Å². The normalized spacial score (nSPS) is 14.3. The van der Waals surface area contributed by atoms with Crippen LogP contribution in [0, 0.1) is 0 Å². The highest BCUT2D eigenvalue weighted by Gasteiger charge is 2.16. The van der Waals surface area contributed by atoms with Gasteiger partial charge in [-0.15, -0.1) is 0 Å². The summed E-state index contributed by atoms with van der Waals surface area (Å²) in [6.45, 7) is 1.05. The second-order valence-electron chi connectivity index (χ2n) is 3.65. The Balaban J connectivity index is 1.93. The standard InChI is InChI=1S/C11H14O6S/c1-18(12,13)17-8-7-15-10-4-2-3-9-11(10)16-6-5-14-9/h2-4H,5-8H2,1H3. The van der Waals surface area contributed by atoms with Gasteiger partial charge in [-0.2, -0.15) is 8.42 Å². The predicted octanol–water partition coefficient (Wildman–Crippen LogP) is 0.813. The molecule has 1 aromatic carbocycles. The smallest absolute Gasteiger partial charge is 0.264 e. The molecule has 2 rings (SSSR count). The Morgan fingerprint density at radius 1 is 1.22 bits per heavy atom. The van der Waals surface area contributed by atoms with Crippen LogP contribution in [0.15, 0.2) is 18.2 Å². The van der Waals surface area contributed by atoms with Crippen molar-refractivity contribution in [2.24, 2.45) is 0 Å². The molecular formula is C11H14O6S. The van der Waals surface area contributed by atoms with Gasteiger partial charge in [0.1, 0.15) is 26.4 Å². The maximum atomic E-state index is 10.8. The molecule has 0 bridgehead atoms. The molecule has 1 aliphatic heterocycles. The van der Waals surface area contributed by atoms with Crippen LogP contribution in [0.5, 0.6) is 17.2 Å². The lowest BCUT2D eigenvalue weighted by molar-refractivity contribution is 0.157. The zero-order valence-electron chi connectivity index (χ0n) is 9.92. The number of hydrogen-bond donors (Lipinski definition) is 0. The van der Waals surface area contributed by atoms with Gasteiger partial charge in [-0.05, 0) is 12.1 Å². The van der Waals surface area contributed by atoms with Crippen molar-refractivity contribution in [2.45, 2.75) is 0 Å². The summed E-state index contributed by atoms with van der Waals surface area (Å²) in [7, 11) is -3.43. The second-order valence-corrected chi connectivity index (χ2v) is 5.30. The highest BCUT2D eigenvalue weighted by atomic mass is 32.2. The minimum atomic E-state index is -3.43. The van der Waals surface area contributed by atoms with Crippen molar-refractivity contribution in [3.8, 4) is 17.2 Å². The lowest BCUT2D eigenvalue weighted by Gasteiger charge is -2.20. The van der Waals surface area contributed by atoms with E-state index < -0.39 is 10.1 Å². The first kappa shape index (κ1) is 13.0. The van der Waals surface area contributed by atoms with Crippen molar-refractivity contribution in [1.29, 1.82) is 0 Å². The van der Waals surface area contributed by atoms with E-state index in [-0.39, 0.29) is 13.2 Å². The van der Waals surface area contributed by atoms with Gasteiger partial charge in [0.25, 0.3) is 10.1 Å². The van der Waals surface area contributed by atoms with E-state index in [1.165, 1.54) is 0 Å². The molecule has 6 nitrogen and oxygen atoms in total. The van der Waals surface area contributed by atoms with Gasteiger partial charge in [0.05, 0.1) is 6.26 Å². The second kappa shape index (κ2) is 5.45. The molecule has 18 heavy (non-hydrogen) atoms. The van der Waals surface area contributed by atoms with Crippen LogP contribution in [-0.2, 0) is 14.3 Å². The first-order valence-corrected chi connectivity index (χ1v) is 7.24. The number of rotatable bonds is 5. The van der Waals surface area contributed by atoms with Crippen molar-refractivity contribution in [3.05, 3.63) is 18.2 Å². The van der Waals surface area contributed by atoms with E-state index in [2.05, 4.69) is 4.18 Å². The first-order chi connectivity index (χ1) is 8.56. The third kappa shape index (κ3) is 3.51. The van der Waals surface area contributed by atoms with Gasteiger partial charge in [-0.1, -0.05) is 6.07 Å². The number of ether oxygens (including phenoxy) is 3. The molecule has 0 atom stereocenters. The van der Waals surface area contributed by atoms with Gasteiger partial charge in [0.2, 0.25) is 5.75 Å². The van der Waals surface area contributed by atoms with E-state index in [1.54, 1.807) is 18.2 Å². The summed E-state index contributed by atoms with van der Waals surface area (Å²) in [5, 5.41) is 0. The summed E-state index contributed by atoms with van der Waals surface area (Å²) >= 11 is 0. The maximum Gasteiger partial charge on any atom is 0.264 e. The minimum Gasteiger partial charge on any atom is -0.487 e. The molecule has 0 saturated heterocycles. The van der Waals surface area contributed by atoms with Crippen molar-refractivity contribution >= 4 is 10.1 Å². The van der Waals surface area contributed by atoms with Crippen LogP contribution in [0.2, 0.25) is 0 Å². The molecule has 1 aromatic rings. The predicted molar refractivity (Wildman–Crippen MR) is 63.7 cm³/mol. The third-order valence-corrected chi connectivity index (χ3v) is 2.76. The van der Waals surface area contributed by atoms with E-state index in [9.17, 15) is 8.42 Å². The van der Waals surface area contributed by atoms with Crippen LogP contribution in [-0.4, -0.2) is 41.1 Å². The van der Waals surface area contributed by atoms with Gasteiger partial charge >= 0.3 is 0 Å². The summed E-state index contributed by atoms with van der Waals surface area (Å²) in [5.41, 5.74) is 0. The zero-order valence-corrected chi connectivity index (χ0v) is 10.7. The quantitative estimate of drug-likeness (QED) is 0.584. The van der Waals surface area contributed by atoms with Gasteiger partial charge in [0.15, 0.2) is 11.5 Å². The van der Waals surface area contributed by atoms with E-state index in [0.717, 1.165) is 6.26 Å². The SMILES string of the molecule is CS(=O)(=O)OCCOc1cccc2c1OCCO2. The van der Waals surface area contributed by atoms with Crippen LogP contribution < -0.4 is 14.2 Å². The molecule has 0 fully saturated rings. The fourth-order valence-electron chi connectivity index (χ4n) is 1.50.